The molecule has 1 aliphatic heterocycles. The first-order chi connectivity index (χ1) is 13.2. The molecule has 0 aliphatic carbocycles. The summed E-state index contributed by atoms with van der Waals surface area (Å²) in [6.45, 7) is 3.37. The Hall–Kier alpha value is -3.22. The van der Waals surface area contributed by atoms with Crippen LogP contribution >= 0.6 is 0 Å². The molecule has 138 valence electrons. The van der Waals surface area contributed by atoms with Crippen LogP contribution in [0.1, 0.15) is 30.1 Å². The molecule has 1 saturated heterocycles. The summed E-state index contributed by atoms with van der Waals surface area (Å²) in [4.78, 5) is 30.6. The lowest BCUT2D eigenvalue weighted by molar-refractivity contribution is -0.127. The normalized spacial score (nSPS) is 16.9. The van der Waals surface area contributed by atoms with Crippen molar-refractivity contribution in [1.82, 2.24) is 24.8 Å². The Morgan fingerprint density at radius 3 is 2.89 bits per heavy atom. The SMILES string of the molecule is CCCN1C[C@H](NC(=O)c2ccc(-c3cnn4cccnc34)cc2)CC1=O. The summed E-state index contributed by atoms with van der Waals surface area (Å²) < 4.78 is 1.72. The number of benzene rings is 1. The fourth-order valence-corrected chi connectivity index (χ4v) is 3.46. The molecule has 27 heavy (non-hydrogen) atoms. The van der Waals surface area contributed by atoms with Gasteiger partial charge in [-0.2, -0.15) is 5.10 Å². The van der Waals surface area contributed by atoms with Gasteiger partial charge in [0, 0.05) is 43.0 Å². The number of carbonyl (C=O) groups excluding carboxylic acids is 2. The minimum Gasteiger partial charge on any atom is -0.347 e. The third-order valence-corrected chi connectivity index (χ3v) is 4.78. The van der Waals surface area contributed by atoms with Crippen molar-refractivity contribution >= 4 is 17.5 Å². The number of fused-ring (bicyclic) bond motifs is 1. The van der Waals surface area contributed by atoms with Crippen LogP contribution in [0.2, 0.25) is 0 Å². The van der Waals surface area contributed by atoms with Crippen molar-refractivity contribution in [2.45, 2.75) is 25.8 Å². The maximum atomic E-state index is 12.5. The van der Waals surface area contributed by atoms with Crippen molar-refractivity contribution in [3.05, 3.63) is 54.5 Å². The van der Waals surface area contributed by atoms with Gasteiger partial charge in [-0.05, 0) is 30.2 Å². The van der Waals surface area contributed by atoms with E-state index < -0.39 is 0 Å². The van der Waals surface area contributed by atoms with E-state index in [1.54, 1.807) is 29.0 Å². The number of hydrogen-bond donors (Lipinski definition) is 1. The second kappa shape index (κ2) is 7.19. The molecule has 1 atom stereocenters. The molecule has 0 unspecified atom stereocenters. The van der Waals surface area contributed by atoms with Gasteiger partial charge in [0.2, 0.25) is 5.91 Å². The second-order valence-corrected chi connectivity index (χ2v) is 6.74. The van der Waals surface area contributed by atoms with E-state index in [-0.39, 0.29) is 17.9 Å². The van der Waals surface area contributed by atoms with Crippen LogP contribution in [-0.2, 0) is 4.79 Å². The number of hydrogen-bond acceptors (Lipinski definition) is 4. The van der Waals surface area contributed by atoms with Crippen molar-refractivity contribution < 1.29 is 9.59 Å². The average molecular weight is 363 g/mol. The van der Waals surface area contributed by atoms with Crippen molar-refractivity contribution in [2.75, 3.05) is 13.1 Å². The van der Waals surface area contributed by atoms with Gasteiger partial charge in [-0.15, -0.1) is 0 Å². The van der Waals surface area contributed by atoms with E-state index >= 15 is 0 Å². The summed E-state index contributed by atoms with van der Waals surface area (Å²) in [7, 11) is 0. The lowest BCUT2D eigenvalue weighted by atomic mass is 10.1. The first kappa shape index (κ1) is 17.2. The predicted octanol–water partition coefficient (Wildman–Crippen LogP) is 2.14. The molecule has 3 heterocycles. The van der Waals surface area contributed by atoms with Crippen LogP contribution in [-0.4, -0.2) is 50.4 Å². The predicted molar refractivity (Wildman–Crippen MR) is 101 cm³/mol. The topological polar surface area (TPSA) is 79.6 Å². The molecule has 4 rings (SSSR count). The van der Waals surface area contributed by atoms with Gasteiger partial charge in [-0.25, -0.2) is 9.50 Å². The summed E-state index contributed by atoms with van der Waals surface area (Å²) in [6.07, 6.45) is 6.64. The van der Waals surface area contributed by atoms with Gasteiger partial charge in [0.05, 0.1) is 12.2 Å². The average Bonchev–Trinajstić information content (AvgIpc) is 3.26. The second-order valence-electron chi connectivity index (χ2n) is 6.74. The zero-order chi connectivity index (χ0) is 18.8. The Morgan fingerprint density at radius 2 is 2.11 bits per heavy atom. The fraction of sp³-hybridized carbons (Fsp3) is 0.300. The first-order valence-corrected chi connectivity index (χ1v) is 9.13. The van der Waals surface area contributed by atoms with Crippen molar-refractivity contribution in [3.63, 3.8) is 0 Å². The molecule has 2 amide bonds. The summed E-state index contributed by atoms with van der Waals surface area (Å²) in [5.41, 5.74) is 3.21. The smallest absolute Gasteiger partial charge is 0.251 e. The van der Waals surface area contributed by atoms with Crippen LogP contribution in [0.4, 0.5) is 0 Å². The van der Waals surface area contributed by atoms with Crippen LogP contribution in [0.5, 0.6) is 0 Å². The number of nitrogens with one attached hydrogen (secondary N) is 1. The Morgan fingerprint density at radius 1 is 1.30 bits per heavy atom. The van der Waals surface area contributed by atoms with E-state index in [9.17, 15) is 9.59 Å². The minimum atomic E-state index is -0.157. The third kappa shape index (κ3) is 3.40. The molecule has 0 spiro atoms. The highest BCUT2D eigenvalue weighted by atomic mass is 16.2. The van der Waals surface area contributed by atoms with E-state index in [1.807, 2.05) is 36.2 Å². The van der Waals surface area contributed by atoms with Crippen LogP contribution in [0.15, 0.2) is 48.9 Å². The van der Waals surface area contributed by atoms with Crippen LogP contribution in [0.3, 0.4) is 0 Å². The molecule has 1 N–H and O–H groups in total. The van der Waals surface area contributed by atoms with Crippen LogP contribution in [0.25, 0.3) is 16.8 Å². The third-order valence-electron chi connectivity index (χ3n) is 4.78. The number of aromatic nitrogens is 3. The van der Waals surface area contributed by atoms with Crippen molar-refractivity contribution in [2.24, 2.45) is 0 Å². The van der Waals surface area contributed by atoms with E-state index in [4.69, 9.17) is 0 Å². The van der Waals surface area contributed by atoms with Gasteiger partial charge in [0.15, 0.2) is 5.65 Å². The first-order valence-electron chi connectivity index (χ1n) is 9.13. The van der Waals surface area contributed by atoms with Gasteiger partial charge in [-0.1, -0.05) is 19.1 Å². The Bertz CT molecular complexity index is 979. The summed E-state index contributed by atoms with van der Waals surface area (Å²) in [5, 5.41) is 7.26. The molecule has 7 heteroatoms. The maximum Gasteiger partial charge on any atom is 0.251 e. The minimum absolute atomic E-state index is 0.109. The monoisotopic (exact) mass is 363 g/mol. The molecule has 1 fully saturated rings. The van der Waals surface area contributed by atoms with Crippen molar-refractivity contribution in [3.8, 4) is 11.1 Å². The van der Waals surface area contributed by atoms with Crippen LogP contribution < -0.4 is 5.32 Å². The van der Waals surface area contributed by atoms with E-state index in [0.29, 0.717) is 18.5 Å². The fourth-order valence-electron chi connectivity index (χ4n) is 3.46. The standard InChI is InChI=1S/C20H21N5O2/c1-2-9-24-13-16(11-18(24)26)23-20(27)15-6-4-14(5-7-15)17-12-22-25-10-3-8-21-19(17)25/h3-8,10,12,16H,2,9,11,13H2,1H3,(H,23,27)/t16-/m1/s1. The van der Waals surface area contributed by atoms with Gasteiger partial charge in [0.25, 0.3) is 5.91 Å². The van der Waals surface area contributed by atoms with E-state index in [1.165, 1.54) is 0 Å². The highest BCUT2D eigenvalue weighted by molar-refractivity contribution is 5.95. The summed E-state index contributed by atoms with van der Waals surface area (Å²) >= 11 is 0. The number of amides is 2. The quantitative estimate of drug-likeness (QED) is 0.753. The summed E-state index contributed by atoms with van der Waals surface area (Å²) in [5.74, 6) is -0.0474. The van der Waals surface area contributed by atoms with E-state index in [2.05, 4.69) is 15.4 Å². The van der Waals surface area contributed by atoms with Crippen molar-refractivity contribution in [1.29, 1.82) is 0 Å². The van der Waals surface area contributed by atoms with Gasteiger partial charge < -0.3 is 10.2 Å². The number of rotatable bonds is 5. The zero-order valence-electron chi connectivity index (χ0n) is 15.1. The number of nitrogens with zero attached hydrogens (tertiary/aromatic N) is 4. The van der Waals surface area contributed by atoms with Gasteiger partial charge >= 0.3 is 0 Å². The molecule has 0 saturated carbocycles. The molecule has 1 aromatic carbocycles. The van der Waals surface area contributed by atoms with Gasteiger partial charge in [0.1, 0.15) is 0 Å². The largest absolute Gasteiger partial charge is 0.347 e. The van der Waals surface area contributed by atoms with E-state index in [0.717, 1.165) is 29.7 Å². The summed E-state index contributed by atoms with van der Waals surface area (Å²) in [6, 6.07) is 9.07. The van der Waals surface area contributed by atoms with Crippen LogP contribution in [0, 0.1) is 0 Å². The molecule has 2 aromatic heterocycles. The lowest BCUT2D eigenvalue weighted by Crippen LogP contribution is -2.37. The zero-order valence-corrected chi connectivity index (χ0v) is 15.1. The number of carbonyl (C=O) groups is 2. The molecule has 7 nitrogen and oxygen atoms in total. The highest BCUT2D eigenvalue weighted by Gasteiger charge is 2.30. The molecule has 3 aromatic rings. The molecule has 0 bridgehead atoms. The lowest BCUT2D eigenvalue weighted by Gasteiger charge is -2.16. The van der Waals surface area contributed by atoms with Gasteiger partial charge in [-0.3, -0.25) is 9.59 Å². The Balaban J connectivity index is 1.46. The Kier molecular flexibility index (Phi) is 4.58. The highest BCUT2D eigenvalue weighted by Crippen LogP contribution is 2.23. The molecule has 1 aliphatic rings. The molecule has 0 radical (unpaired) electrons. The molecular weight excluding hydrogens is 342 g/mol. The Labute approximate surface area is 157 Å². The number of likely N-dealkylation sites (tertiary alicyclic amines) is 1. The molecular formula is C20H21N5O2. The maximum absolute atomic E-state index is 12.5.